The van der Waals surface area contributed by atoms with Crippen LogP contribution in [0.25, 0.3) is 0 Å². The second kappa shape index (κ2) is 8.06. The monoisotopic (exact) mass is 409 g/mol. The molecule has 2 aliphatic heterocycles. The molecule has 8 nitrogen and oxygen atoms in total. The summed E-state index contributed by atoms with van der Waals surface area (Å²) in [4.78, 5) is 39.2. The fourth-order valence-electron chi connectivity index (χ4n) is 3.76. The van der Waals surface area contributed by atoms with Crippen molar-refractivity contribution in [1.29, 1.82) is 0 Å². The second-order valence-corrected chi connectivity index (χ2v) is 7.34. The minimum absolute atomic E-state index is 0.0576. The van der Waals surface area contributed by atoms with Crippen LogP contribution in [0.5, 0.6) is 5.75 Å². The molecule has 1 fully saturated rings. The van der Waals surface area contributed by atoms with E-state index in [0.717, 1.165) is 25.1 Å². The molecular weight excluding hydrogens is 386 g/mol. The van der Waals surface area contributed by atoms with Gasteiger partial charge in [0.15, 0.2) is 6.10 Å². The number of carbonyl (C=O) groups excluding carboxylic acids is 3. The minimum atomic E-state index is -0.992. The normalized spacial score (nSPS) is 18.0. The van der Waals surface area contributed by atoms with Crippen LogP contribution in [-0.4, -0.2) is 43.6 Å². The Labute approximate surface area is 174 Å². The molecule has 2 N–H and O–H groups in total. The molecule has 0 spiro atoms. The summed E-state index contributed by atoms with van der Waals surface area (Å²) in [6.45, 7) is 2.32. The molecule has 1 saturated heterocycles. The second-order valence-electron chi connectivity index (χ2n) is 7.34. The van der Waals surface area contributed by atoms with E-state index in [1.165, 1.54) is 6.92 Å². The lowest BCUT2D eigenvalue weighted by atomic mass is 10.1. The summed E-state index contributed by atoms with van der Waals surface area (Å²) in [5, 5.41) is 5.56. The highest BCUT2D eigenvalue weighted by molar-refractivity contribution is 6.05. The van der Waals surface area contributed by atoms with Crippen molar-refractivity contribution in [3.05, 3.63) is 48.0 Å². The molecule has 2 amide bonds. The first-order valence-corrected chi connectivity index (χ1v) is 9.83. The smallest absolute Gasteiger partial charge is 0.338 e. The average molecular weight is 409 g/mol. The number of carbonyl (C=O) groups is 3. The molecule has 0 aromatic heterocycles. The third kappa shape index (κ3) is 3.80. The van der Waals surface area contributed by atoms with E-state index in [1.807, 2.05) is 6.07 Å². The van der Waals surface area contributed by atoms with Gasteiger partial charge in [-0.2, -0.15) is 0 Å². The van der Waals surface area contributed by atoms with Crippen molar-refractivity contribution in [1.82, 2.24) is 0 Å². The van der Waals surface area contributed by atoms with Gasteiger partial charge in [0.25, 0.3) is 5.91 Å². The first-order valence-electron chi connectivity index (χ1n) is 9.83. The number of esters is 1. The molecule has 0 aliphatic carbocycles. The van der Waals surface area contributed by atoms with Crippen LogP contribution in [0.4, 0.5) is 17.1 Å². The van der Waals surface area contributed by atoms with Crippen LogP contribution in [0.15, 0.2) is 42.5 Å². The predicted molar refractivity (Wildman–Crippen MR) is 112 cm³/mol. The van der Waals surface area contributed by atoms with E-state index in [9.17, 15) is 14.4 Å². The van der Waals surface area contributed by atoms with E-state index in [-0.39, 0.29) is 17.5 Å². The largest absolute Gasteiger partial charge is 0.497 e. The van der Waals surface area contributed by atoms with Crippen LogP contribution < -0.4 is 20.3 Å². The Hall–Kier alpha value is -3.55. The van der Waals surface area contributed by atoms with Crippen molar-refractivity contribution in [2.24, 2.45) is 0 Å². The molecule has 2 aromatic rings. The van der Waals surface area contributed by atoms with Crippen molar-refractivity contribution in [3.8, 4) is 5.75 Å². The van der Waals surface area contributed by atoms with Gasteiger partial charge in [0.2, 0.25) is 5.91 Å². The van der Waals surface area contributed by atoms with Gasteiger partial charge < -0.3 is 25.0 Å². The number of benzene rings is 2. The number of hydrogen-bond acceptors (Lipinski definition) is 6. The SMILES string of the molecule is COc1ccc(NC(=O)[C@@H](C)OC(=O)c2ccc3c(c2)NC(=O)[C@@H]2CCCN32)cc1. The fourth-order valence-corrected chi connectivity index (χ4v) is 3.76. The Morgan fingerprint density at radius 3 is 2.70 bits per heavy atom. The zero-order chi connectivity index (χ0) is 21.3. The molecule has 2 aromatic carbocycles. The molecule has 156 valence electrons. The van der Waals surface area contributed by atoms with E-state index in [2.05, 4.69) is 15.5 Å². The number of nitrogens with zero attached hydrogens (tertiary/aromatic N) is 1. The van der Waals surface area contributed by atoms with Crippen LogP contribution >= 0.6 is 0 Å². The van der Waals surface area contributed by atoms with Gasteiger partial charge in [-0.15, -0.1) is 0 Å². The maximum atomic E-state index is 12.5. The highest BCUT2D eigenvalue weighted by atomic mass is 16.5. The number of anilines is 3. The van der Waals surface area contributed by atoms with Crippen LogP contribution in [0.3, 0.4) is 0 Å². The first kappa shape index (κ1) is 19.8. The van der Waals surface area contributed by atoms with E-state index in [1.54, 1.807) is 43.5 Å². The number of hydrogen-bond donors (Lipinski definition) is 2. The van der Waals surface area contributed by atoms with Gasteiger partial charge in [-0.25, -0.2) is 4.79 Å². The van der Waals surface area contributed by atoms with Crippen LogP contribution in [0.1, 0.15) is 30.1 Å². The lowest BCUT2D eigenvalue weighted by Crippen LogP contribution is -2.43. The number of nitrogens with one attached hydrogen (secondary N) is 2. The molecule has 2 atom stereocenters. The van der Waals surface area contributed by atoms with Gasteiger partial charge in [-0.3, -0.25) is 9.59 Å². The molecule has 0 bridgehead atoms. The number of fused-ring (bicyclic) bond motifs is 3. The summed E-state index contributed by atoms with van der Waals surface area (Å²) in [5.41, 5.74) is 2.33. The molecule has 30 heavy (non-hydrogen) atoms. The Morgan fingerprint density at radius 1 is 1.20 bits per heavy atom. The number of methoxy groups -OCH3 is 1. The lowest BCUT2D eigenvalue weighted by Gasteiger charge is -2.33. The summed E-state index contributed by atoms with van der Waals surface area (Å²) in [6, 6.07) is 11.8. The number of rotatable bonds is 5. The van der Waals surface area contributed by atoms with Gasteiger partial charge in [0.05, 0.1) is 24.0 Å². The minimum Gasteiger partial charge on any atom is -0.497 e. The molecule has 0 saturated carbocycles. The van der Waals surface area contributed by atoms with Gasteiger partial charge in [0, 0.05) is 12.2 Å². The van der Waals surface area contributed by atoms with E-state index in [0.29, 0.717) is 17.1 Å². The topological polar surface area (TPSA) is 97.0 Å². The van der Waals surface area contributed by atoms with Crippen LogP contribution in [-0.2, 0) is 14.3 Å². The Balaban J connectivity index is 1.41. The maximum absolute atomic E-state index is 12.5. The third-order valence-corrected chi connectivity index (χ3v) is 5.37. The third-order valence-electron chi connectivity index (χ3n) is 5.37. The van der Waals surface area contributed by atoms with E-state index in [4.69, 9.17) is 9.47 Å². The Bertz CT molecular complexity index is 989. The summed E-state index contributed by atoms with van der Waals surface area (Å²) in [5.74, 6) is -0.461. The standard InChI is InChI=1S/C22H23N3O5/c1-13(20(26)23-15-6-8-16(29-2)9-7-15)30-22(28)14-5-10-18-17(12-14)24-21(27)19-4-3-11-25(18)19/h5-10,12-13,19H,3-4,11H2,1-2H3,(H,23,26)(H,24,27)/t13-,19+/m1/s1. The Kier molecular flexibility index (Phi) is 5.31. The zero-order valence-corrected chi connectivity index (χ0v) is 16.8. The number of amides is 2. The lowest BCUT2D eigenvalue weighted by molar-refractivity contribution is -0.123. The number of ether oxygens (including phenoxy) is 2. The molecule has 2 heterocycles. The molecule has 0 radical (unpaired) electrons. The molecule has 8 heteroatoms. The van der Waals surface area contributed by atoms with E-state index < -0.39 is 18.0 Å². The van der Waals surface area contributed by atoms with Crippen molar-refractivity contribution < 1.29 is 23.9 Å². The molecular formula is C22H23N3O5. The quantitative estimate of drug-likeness (QED) is 0.737. The van der Waals surface area contributed by atoms with Crippen LogP contribution in [0.2, 0.25) is 0 Å². The van der Waals surface area contributed by atoms with Crippen molar-refractivity contribution in [3.63, 3.8) is 0 Å². The maximum Gasteiger partial charge on any atom is 0.338 e. The van der Waals surface area contributed by atoms with Crippen molar-refractivity contribution >= 4 is 34.8 Å². The summed E-state index contributed by atoms with van der Waals surface area (Å²) >= 11 is 0. The van der Waals surface area contributed by atoms with Gasteiger partial charge >= 0.3 is 5.97 Å². The molecule has 0 unspecified atom stereocenters. The highest BCUT2D eigenvalue weighted by Crippen LogP contribution is 2.37. The zero-order valence-electron chi connectivity index (χ0n) is 16.8. The van der Waals surface area contributed by atoms with Crippen molar-refractivity contribution in [2.45, 2.75) is 31.9 Å². The average Bonchev–Trinajstić information content (AvgIpc) is 3.24. The predicted octanol–water partition coefficient (Wildman–Crippen LogP) is 2.80. The molecule has 4 rings (SSSR count). The summed E-state index contributed by atoms with van der Waals surface area (Å²) < 4.78 is 10.4. The highest BCUT2D eigenvalue weighted by Gasteiger charge is 2.36. The van der Waals surface area contributed by atoms with Gasteiger partial charge in [-0.1, -0.05) is 0 Å². The summed E-state index contributed by atoms with van der Waals surface area (Å²) in [6.07, 6.45) is 0.797. The van der Waals surface area contributed by atoms with Gasteiger partial charge in [-0.05, 0) is 62.2 Å². The fraction of sp³-hybridized carbons (Fsp3) is 0.318. The summed E-state index contributed by atoms with van der Waals surface area (Å²) in [7, 11) is 1.56. The molecule has 2 aliphatic rings. The Morgan fingerprint density at radius 2 is 1.97 bits per heavy atom. The van der Waals surface area contributed by atoms with E-state index >= 15 is 0 Å². The first-order chi connectivity index (χ1) is 14.5. The van der Waals surface area contributed by atoms with Crippen molar-refractivity contribution in [2.75, 3.05) is 29.2 Å². The van der Waals surface area contributed by atoms with Gasteiger partial charge in [0.1, 0.15) is 11.8 Å². The van der Waals surface area contributed by atoms with Crippen LogP contribution in [0, 0.1) is 0 Å².